The lowest BCUT2D eigenvalue weighted by Crippen LogP contribution is -2.01. The highest BCUT2D eigenvalue weighted by Gasteiger charge is 2.04. The van der Waals surface area contributed by atoms with Gasteiger partial charge in [-0.15, -0.1) is 12.4 Å². The number of aliphatic carboxylic acids is 1. The molecule has 1 heterocycles. The van der Waals surface area contributed by atoms with E-state index in [0.717, 1.165) is 5.69 Å². The van der Waals surface area contributed by atoms with Gasteiger partial charge in [0.25, 0.3) is 0 Å². The van der Waals surface area contributed by atoms with Crippen molar-refractivity contribution in [3.8, 4) is 0 Å². The number of carboxylic acid groups (broad SMARTS) is 1. The number of H-pyrrole nitrogens is 1. The van der Waals surface area contributed by atoms with Crippen LogP contribution in [0.15, 0.2) is 6.33 Å². The van der Waals surface area contributed by atoms with E-state index in [9.17, 15) is 4.79 Å². The minimum atomic E-state index is -0.852. The van der Waals surface area contributed by atoms with Crippen LogP contribution >= 0.6 is 12.4 Å². The topological polar surface area (TPSA) is 66.0 Å². The molecular weight excluding hydrogens is 168 g/mol. The largest absolute Gasteiger partial charge is 0.481 e. The molecule has 0 aromatic carbocycles. The van der Waals surface area contributed by atoms with Crippen LogP contribution in [0.5, 0.6) is 0 Å². The van der Waals surface area contributed by atoms with Crippen LogP contribution in [0.1, 0.15) is 11.4 Å². The van der Waals surface area contributed by atoms with Crippen molar-refractivity contribution >= 4 is 18.4 Å². The molecule has 0 amide bonds. The fourth-order valence-electron chi connectivity index (χ4n) is 0.709. The molecule has 1 rings (SSSR count). The summed E-state index contributed by atoms with van der Waals surface area (Å²) in [5.74, 6) is -0.852. The van der Waals surface area contributed by atoms with Crippen LogP contribution in [0.25, 0.3) is 0 Å². The van der Waals surface area contributed by atoms with Crippen LogP contribution in [0.4, 0.5) is 0 Å². The highest BCUT2D eigenvalue weighted by molar-refractivity contribution is 5.85. The summed E-state index contributed by atoms with van der Waals surface area (Å²) in [5.41, 5.74) is 1.43. The molecule has 5 heteroatoms. The molecule has 0 saturated heterocycles. The summed E-state index contributed by atoms with van der Waals surface area (Å²) in [6, 6.07) is 0. The summed E-state index contributed by atoms with van der Waals surface area (Å²) in [5, 5.41) is 8.36. The van der Waals surface area contributed by atoms with Gasteiger partial charge in [-0.1, -0.05) is 0 Å². The fraction of sp³-hybridized carbons (Fsp3) is 0.333. The Morgan fingerprint density at radius 3 is 2.82 bits per heavy atom. The van der Waals surface area contributed by atoms with Gasteiger partial charge in [-0.05, 0) is 6.92 Å². The van der Waals surface area contributed by atoms with Crippen LogP contribution in [-0.4, -0.2) is 21.0 Å². The second kappa shape index (κ2) is 3.98. The Balaban J connectivity index is 0.000001000. The standard InChI is InChI=1S/C6H8N2O2.ClH/c1-4-5(2-6(9)10)8-3-7-4;/h3H,2H2,1H3,(H,7,8)(H,9,10);1H. The van der Waals surface area contributed by atoms with E-state index >= 15 is 0 Å². The minimum Gasteiger partial charge on any atom is -0.481 e. The van der Waals surface area contributed by atoms with Crippen LogP contribution in [0, 0.1) is 6.92 Å². The number of hydrogen-bond acceptors (Lipinski definition) is 2. The SMILES string of the molecule is Cc1[nH]cnc1CC(=O)O.Cl. The highest BCUT2D eigenvalue weighted by atomic mass is 35.5. The van der Waals surface area contributed by atoms with E-state index < -0.39 is 5.97 Å². The van der Waals surface area contributed by atoms with Crippen LogP contribution < -0.4 is 0 Å². The van der Waals surface area contributed by atoms with Gasteiger partial charge in [0.2, 0.25) is 0 Å². The van der Waals surface area contributed by atoms with Crippen molar-refractivity contribution < 1.29 is 9.90 Å². The van der Waals surface area contributed by atoms with Crippen molar-refractivity contribution in [2.75, 3.05) is 0 Å². The first-order valence-corrected chi connectivity index (χ1v) is 2.91. The zero-order valence-corrected chi connectivity index (χ0v) is 6.81. The van der Waals surface area contributed by atoms with E-state index in [-0.39, 0.29) is 18.8 Å². The van der Waals surface area contributed by atoms with Crippen molar-refractivity contribution in [2.24, 2.45) is 0 Å². The number of aryl methyl sites for hydroxylation is 1. The zero-order chi connectivity index (χ0) is 7.56. The van der Waals surface area contributed by atoms with E-state index in [4.69, 9.17) is 5.11 Å². The predicted molar refractivity (Wildman–Crippen MR) is 41.9 cm³/mol. The molecule has 0 bridgehead atoms. The number of nitrogens with one attached hydrogen (secondary N) is 1. The summed E-state index contributed by atoms with van der Waals surface area (Å²) in [6.07, 6.45) is 1.49. The van der Waals surface area contributed by atoms with Gasteiger partial charge in [0.1, 0.15) is 0 Å². The monoisotopic (exact) mass is 176 g/mol. The van der Waals surface area contributed by atoms with Crippen LogP contribution in [0.3, 0.4) is 0 Å². The maximum absolute atomic E-state index is 10.2. The molecule has 2 N–H and O–H groups in total. The Hall–Kier alpha value is -1.03. The quantitative estimate of drug-likeness (QED) is 0.700. The van der Waals surface area contributed by atoms with Crippen LogP contribution in [-0.2, 0) is 11.2 Å². The van der Waals surface area contributed by atoms with Crippen LogP contribution in [0.2, 0.25) is 0 Å². The summed E-state index contributed by atoms with van der Waals surface area (Å²) in [6.45, 7) is 1.80. The molecule has 0 aliphatic carbocycles. The Bertz CT molecular complexity index is 246. The first-order chi connectivity index (χ1) is 4.70. The van der Waals surface area contributed by atoms with Gasteiger partial charge in [-0.3, -0.25) is 4.79 Å². The van der Waals surface area contributed by atoms with Gasteiger partial charge in [0.15, 0.2) is 0 Å². The van der Waals surface area contributed by atoms with Crippen molar-refractivity contribution in [3.63, 3.8) is 0 Å². The Morgan fingerprint density at radius 1 is 1.82 bits per heavy atom. The average Bonchev–Trinajstić information content (AvgIpc) is 2.15. The van der Waals surface area contributed by atoms with E-state index in [1.807, 2.05) is 0 Å². The molecule has 0 radical (unpaired) electrons. The Kier molecular flexibility index (Phi) is 3.60. The molecule has 0 aliphatic heterocycles. The molecule has 11 heavy (non-hydrogen) atoms. The third-order valence-electron chi connectivity index (χ3n) is 1.25. The summed E-state index contributed by atoms with van der Waals surface area (Å²) < 4.78 is 0. The van der Waals surface area contributed by atoms with Gasteiger partial charge in [0, 0.05) is 5.69 Å². The smallest absolute Gasteiger partial charge is 0.309 e. The summed E-state index contributed by atoms with van der Waals surface area (Å²) in [7, 11) is 0. The number of aromatic nitrogens is 2. The number of rotatable bonds is 2. The first kappa shape index (κ1) is 9.97. The molecule has 0 atom stereocenters. The number of carboxylic acids is 1. The lowest BCUT2D eigenvalue weighted by Gasteiger charge is -1.89. The van der Waals surface area contributed by atoms with E-state index in [1.165, 1.54) is 6.33 Å². The average molecular weight is 177 g/mol. The molecule has 1 aromatic heterocycles. The molecular formula is C6H9ClN2O2. The molecule has 0 fully saturated rings. The third-order valence-corrected chi connectivity index (χ3v) is 1.25. The van der Waals surface area contributed by atoms with Crippen molar-refractivity contribution in [1.82, 2.24) is 9.97 Å². The van der Waals surface area contributed by atoms with Gasteiger partial charge >= 0.3 is 5.97 Å². The second-order valence-electron chi connectivity index (χ2n) is 2.04. The Morgan fingerprint density at radius 2 is 2.45 bits per heavy atom. The first-order valence-electron chi connectivity index (χ1n) is 2.91. The van der Waals surface area contributed by atoms with Gasteiger partial charge in [0.05, 0.1) is 18.4 Å². The minimum absolute atomic E-state index is 0. The molecule has 4 nitrogen and oxygen atoms in total. The van der Waals surface area contributed by atoms with Crippen molar-refractivity contribution in [1.29, 1.82) is 0 Å². The Labute approximate surface area is 70.1 Å². The molecule has 0 unspecified atom stereocenters. The highest BCUT2D eigenvalue weighted by Crippen LogP contribution is 2.00. The molecule has 62 valence electrons. The lowest BCUT2D eigenvalue weighted by atomic mass is 10.3. The summed E-state index contributed by atoms with van der Waals surface area (Å²) in [4.78, 5) is 16.8. The number of carbonyl (C=O) groups is 1. The van der Waals surface area contributed by atoms with E-state index in [2.05, 4.69) is 9.97 Å². The van der Waals surface area contributed by atoms with E-state index in [0.29, 0.717) is 5.69 Å². The van der Waals surface area contributed by atoms with Gasteiger partial charge < -0.3 is 10.1 Å². The van der Waals surface area contributed by atoms with Crippen molar-refractivity contribution in [3.05, 3.63) is 17.7 Å². The van der Waals surface area contributed by atoms with Gasteiger partial charge in [-0.25, -0.2) is 4.98 Å². The number of aromatic amines is 1. The number of hydrogen-bond donors (Lipinski definition) is 2. The third kappa shape index (κ3) is 2.59. The fourth-order valence-corrected chi connectivity index (χ4v) is 0.709. The normalized spacial score (nSPS) is 8.82. The number of imidazole rings is 1. The maximum Gasteiger partial charge on any atom is 0.309 e. The summed E-state index contributed by atoms with van der Waals surface area (Å²) >= 11 is 0. The van der Waals surface area contributed by atoms with E-state index in [1.54, 1.807) is 6.92 Å². The molecule has 0 saturated carbocycles. The predicted octanol–water partition coefficient (Wildman–Crippen LogP) is 0.767. The maximum atomic E-state index is 10.2. The second-order valence-corrected chi connectivity index (χ2v) is 2.04. The van der Waals surface area contributed by atoms with Gasteiger partial charge in [-0.2, -0.15) is 0 Å². The van der Waals surface area contributed by atoms with Crippen molar-refractivity contribution in [2.45, 2.75) is 13.3 Å². The number of nitrogens with zero attached hydrogens (tertiary/aromatic N) is 1. The molecule has 0 aliphatic rings. The zero-order valence-electron chi connectivity index (χ0n) is 6.00. The molecule has 1 aromatic rings. The number of halogens is 1. The molecule has 0 spiro atoms. The lowest BCUT2D eigenvalue weighted by molar-refractivity contribution is -0.136.